The van der Waals surface area contributed by atoms with E-state index < -0.39 is 32.6 Å². The standard InChI is InChI=1S/C17H16F2N6O5S/c18-11-6-14(31(20,28)29)12(19)5-13(11)25-15-10(7-23-25)16(22-8-21-15)30-9-1-3-24(4-2-9)17(26)27/h5-9H,1-4H2,(H,26,27)(H2,20,28,29). The van der Waals surface area contributed by atoms with Crippen molar-refractivity contribution in [1.29, 1.82) is 0 Å². The molecule has 0 unspecified atom stereocenters. The molecule has 164 valence electrons. The van der Waals surface area contributed by atoms with Crippen molar-refractivity contribution in [3.63, 3.8) is 0 Å². The molecule has 1 saturated heterocycles. The van der Waals surface area contributed by atoms with Crippen LogP contribution in [-0.4, -0.2) is 63.5 Å². The van der Waals surface area contributed by atoms with Crippen LogP contribution in [0.15, 0.2) is 29.6 Å². The fourth-order valence-electron chi connectivity index (χ4n) is 3.31. The Morgan fingerprint density at radius 3 is 2.55 bits per heavy atom. The van der Waals surface area contributed by atoms with Crippen molar-refractivity contribution in [2.75, 3.05) is 13.1 Å². The van der Waals surface area contributed by atoms with E-state index in [0.717, 1.165) is 11.0 Å². The van der Waals surface area contributed by atoms with Crippen molar-refractivity contribution in [3.05, 3.63) is 36.3 Å². The van der Waals surface area contributed by atoms with Gasteiger partial charge in [0.15, 0.2) is 11.5 Å². The summed E-state index contributed by atoms with van der Waals surface area (Å²) in [7, 11) is -4.45. The number of primary sulfonamides is 1. The molecule has 1 amide bonds. The van der Waals surface area contributed by atoms with Crippen molar-refractivity contribution < 1.29 is 31.8 Å². The number of amides is 1. The van der Waals surface area contributed by atoms with E-state index in [0.29, 0.717) is 43.5 Å². The number of rotatable bonds is 4. The van der Waals surface area contributed by atoms with E-state index in [1.54, 1.807) is 0 Å². The fourth-order valence-corrected chi connectivity index (χ4v) is 3.91. The van der Waals surface area contributed by atoms with Crippen LogP contribution in [0.25, 0.3) is 16.7 Å². The van der Waals surface area contributed by atoms with Crippen molar-refractivity contribution >= 4 is 27.1 Å². The highest BCUT2D eigenvalue weighted by atomic mass is 32.2. The predicted octanol–water partition coefficient (Wildman–Crippen LogP) is 1.26. The van der Waals surface area contributed by atoms with Crippen LogP contribution in [0, 0.1) is 11.6 Å². The van der Waals surface area contributed by atoms with Gasteiger partial charge in [0.2, 0.25) is 15.9 Å². The quantitative estimate of drug-likeness (QED) is 0.597. The van der Waals surface area contributed by atoms with Gasteiger partial charge in [-0.25, -0.2) is 41.8 Å². The molecule has 0 radical (unpaired) electrons. The molecule has 1 fully saturated rings. The van der Waals surface area contributed by atoms with Crippen molar-refractivity contribution in [2.45, 2.75) is 23.8 Å². The van der Waals surface area contributed by atoms with E-state index >= 15 is 0 Å². The summed E-state index contributed by atoms with van der Waals surface area (Å²) in [6.07, 6.45) is 2.10. The zero-order valence-electron chi connectivity index (χ0n) is 15.8. The first-order chi connectivity index (χ1) is 14.6. The third-order valence-electron chi connectivity index (χ3n) is 4.86. The Labute approximate surface area is 174 Å². The molecule has 1 aromatic carbocycles. The van der Waals surface area contributed by atoms with Gasteiger partial charge >= 0.3 is 6.09 Å². The number of benzene rings is 1. The summed E-state index contributed by atoms with van der Waals surface area (Å²) in [6.45, 7) is 0.628. The van der Waals surface area contributed by atoms with Gasteiger partial charge in [-0.15, -0.1) is 0 Å². The van der Waals surface area contributed by atoms with Gasteiger partial charge in [0.05, 0.1) is 6.20 Å². The van der Waals surface area contributed by atoms with E-state index in [1.165, 1.54) is 11.1 Å². The molecule has 1 aliphatic rings. The van der Waals surface area contributed by atoms with Gasteiger partial charge in [-0.3, -0.25) is 0 Å². The number of halogens is 2. The number of nitrogens with two attached hydrogens (primary N) is 1. The van der Waals surface area contributed by atoms with Gasteiger partial charge in [-0.2, -0.15) is 5.10 Å². The zero-order chi connectivity index (χ0) is 22.3. The molecule has 4 rings (SSSR count). The van der Waals surface area contributed by atoms with Gasteiger partial charge in [-0.05, 0) is 6.07 Å². The number of fused-ring (bicyclic) bond motifs is 1. The van der Waals surface area contributed by atoms with Crippen molar-refractivity contribution in [1.82, 2.24) is 24.6 Å². The topological polar surface area (TPSA) is 154 Å². The van der Waals surface area contributed by atoms with Gasteiger partial charge < -0.3 is 14.7 Å². The molecule has 31 heavy (non-hydrogen) atoms. The SMILES string of the molecule is NS(=O)(=O)c1cc(F)c(-n2ncc3c(OC4CCN(C(=O)O)CC4)ncnc32)cc1F. The first-order valence-corrected chi connectivity index (χ1v) is 10.5. The fraction of sp³-hybridized carbons (Fsp3) is 0.294. The second kappa shape index (κ2) is 7.70. The average molecular weight is 454 g/mol. The minimum atomic E-state index is -4.45. The highest BCUT2D eigenvalue weighted by Gasteiger charge is 2.26. The molecule has 3 N–H and O–H groups in total. The van der Waals surface area contributed by atoms with Crippen LogP contribution in [0.2, 0.25) is 0 Å². The van der Waals surface area contributed by atoms with Crippen LogP contribution in [0.3, 0.4) is 0 Å². The van der Waals surface area contributed by atoms with Gasteiger partial charge in [0.25, 0.3) is 0 Å². The molecule has 0 aliphatic carbocycles. The third kappa shape index (κ3) is 3.98. The number of aromatic nitrogens is 4. The lowest BCUT2D eigenvalue weighted by molar-refractivity contribution is 0.0879. The molecule has 11 nitrogen and oxygen atoms in total. The smallest absolute Gasteiger partial charge is 0.407 e. The van der Waals surface area contributed by atoms with Crippen molar-refractivity contribution in [2.24, 2.45) is 5.14 Å². The van der Waals surface area contributed by atoms with Gasteiger partial charge in [0.1, 0.15) is 34.2 Å². The lowest BCUT2D eigenvalue weighted by Gasteiger charge is -2.29. The number of piperidine rings is 1. The molecular formula is C17H16F2N6O5S. The van der Waals surface area contributed by atoms with Gasteiger partial charge in [0, 0.05) is 32.0 Å². The van der Waals surface area contributed by atoms with Crippen molar-refractivity contribution in [3.8, 4) is 11.6 Å². The second-order valence-electron chi connectivity index (χ2n) is 6.84. The molecule has 0 spiro atoms. The number of sulfonamides is 1. The number of hydrogen-bond acceptors (Lipinski definition) is 7. The minimum Gasteiger partial charge on any atom is -0.474 e. The van der Waals surface area contributed by atoms with Crippen LogP contribution < -0.4 is 9.88 Å². The monoisotopic (exact) mass is 454 g/mol. The number of likely N-dealkylation sites (tertiary alicyclic amines) is 1. The highest BCUT2D eigenvalue weighted by Crippen LogP contribution is 2.28. The molecule has 3 heterocycles. The van der Waals surface area contributed by atoms with E-state index in [-0.39, 0.29) is 23.3 Å². The number of carboxylic acid groups (broad SMARTS) is 1. The summed E-state index contributed by atoms with van der Waals surface area (Å²) >= 11 is 0. The Hall–Kier alpha value is -3.39. The largest absolute Gasteiger partial charge is 0.474 e. The third-order valence-corrected chi connectivity index (χ3v) is 5.78. The Kier molecular flexibility index (Phi) is 5.18. The number of hydrogen-bond donors (Lipinski definition) is 2. The van der Waals surface area contributed by atoms with Crippen LogP contribution in [-0.2, 0) is 10.0 Å². The van der Waals surface area contributed by atoms with E-state index in [1.807, 2.05) is 0 Å². The summed E-state index contributed by atoms with van der Waals surface area (Å²) in [5.74, 6) is -2.15. The number of ether oxygens (including phenoxy) is 1. The lowest BCUT2D eigenvalue weighted by atomic mass is 10.1. The first-order valence-electron chi connectivity index (χ1n) is 9.00. The van der Waals surface area contributed by atoms with E-state index in [9.17, 15) is 22.0 Å². The lowest BCUT2D eigenvalue weighted by Crippen LogP contribution is -2.41. The van der Waals surface area contributed by atoms with Gasteiger partial charge in [-0.1, -0.05) is 0 Å². The summed E-state index contributed by atoms with van der Waals surface area (Å²) < 4.78 is 58.4. The highest BCUT2D eigenvalue weighted by molar-refractivity contribution is 7.89. The normalized spacial score (nSPS) is 15.4. The molecule has 14 heteroatoms. The second-order valence-corrected chi connectivity index (χ2v) is 8.37. The summed E-state index contributed by atoms with van der Waals surface area (Å²) in [6, 6.07) is 1.13. The Morgan fingerprint density at radius 1 is 1.19 bits per heavy atom. The van der Waals surface area contributed by atoms with Crippen LogP contribution in [0.5, 0.6) is 5.88 Å². The Balaban J connectivity index is 1.66. The van der Waals surface area contributed by atoms with E-state index in [2.05, 4.69) is 15.1 Å². The maximum atomic E-state index is 14.6. The maximum Gasteiger partial charge on any atom is 0.407 e. The molecule has 0 atom stereocenters. The molecular weight excluding hydrogens is 438 g/mol. The number of nitrogens with zero attached hydrogens (tertiary/aromatic N) is 5. The molecule has 2 aromatic heterocycles. The zero-order valence-corrected chi connectivity index (χ0v) is 16.6. The molecule has 0 saturated carbocycles. The number of carbonyl (C=O) groups is 1. The molecule has 1 aliphatic heterocycles. The summed E-state index contributed by atoms with van der Waals surface area (Å²) in [5, 5.41) is 18.2. The Bertz CT molecular complexity index is 1270. The van der Waals surface area contributed by atoms with Crippen LogP contribution in [0.1, 0.15) is 12.8 Å². The predicted molar refractivity (Wildman–Crippen MR) is 101 cm³/mol. The van der Waals surface area contributed by atoms with Crippen LogP contribution in [0.4, 0.5) is 13.6 Å². The molecule has 3 aromatic rings. The summed E-state index contributed by atoms with van der Waals surface area (Å²) in [5.41, 5.74) is -0.269. The maximum absolute atomic E-state index is 14.6. The Morgan fingerprint density at radius 2 is 1.90 bits per heavy atom. The van der Waals surface area contributed by atoms with E-state index in [4.69, 9.17) is 15.0 Å². The van der Waals surface area contributed by atoms with Crippen LogP contribution >= 0.6 is 0 Å². The first kappa shape index (κ1) is 20.9. The summed E-state index contributed by atoms with van der Waals surface area (Å²) in [4.78, 5) is 19.4. The molecule has 0 bridgehead atoms. The minimum absolute atomic E-state index is 0.106. The average Bonchev–Trinajstić information content (AvgIpc) is 3.14.